The van der Waals surface area contributed by atoms with E-state index in [1.165, 1.54) is 19.2 Å². The van der Waals surface area contributed by atoms with E-state index in [0.29, 0.717) is 35.8 Å². The summed E-state index contributed by atoms with van der Waals surface area (Å²) >= 11 is 0. The van der Waals surface area contributed by atoms with Gasteiger partial charge in [-0.1, -0.05) is 5.16 Å². The first-order chi connectivity index (χ1) is 13.9. The summed E-state index contributed by atoms with van der Waals surface area (Å²) in [6.45, 7) is 2.06. The Morgan fingerprint density at radius 3 is 2.66 bits per heavy atom. The first-order valence-electron chi connectivity index (χ1n) is 9.88. The number of amides is 1. The molecule has 0 radical (unpaired) electrons. The Morgan fingerprint density at radius 2 is 2.03 bits per heavy atom. The van der Waals surface area contributed by atoms with E-state index >= 15 is 0 Å². The predicted molar refractivity (Wildman–Crippen MR) is 106 cm³/mol. The van der Waals surface area contributed by atoms with Crippen LogP contribution in [0.4, 0.5) is 10.2 Å². The molecule has 0 unspecified atom stereocenters. The highest BCUT2D eigenvalue weighted by atomic mass is 19.1. The van der Waals surface area contributed by atoms with Gasteiger partial charge >= 0.3 is 0 Å². The maximum atomic E-state index is 13.8. The van der Waals surface area contributed by atoms with Crippen molar-refractivity contribution in [1.29, 1.82) is 0 Å². The van der Waals surface area contributed by atoms with Crippen molar-refractivity contribution in [1.82, 2.24) is 10.1 Å². The van der Waals surface area contributed by atoms with E-state index in [2.05, 4.69) is 5.16 Å². The van der Waals surface area contributed by atoms with Crippen LogP contribution in [0.15, 0.2) is 22.7 Å². The molecule has 156 valence electrons. The van der Waals surface area contributed by atoms with Crippen LogP contribution in [0.25, 0.3) is 11.3 Å². The number of hydrogen-bond donors (Lipinski definition) is 0. The molecule has 8 heteroatoms. The van der Waals surface area contributed by atoms with Gasteiger partial charge in [0, 0.05) is 39.4 Å². The van der Waals surface area contributed by atoms with Crippen LogP contribution in [-0.4, -0.2) is 62.5 Å². The van der Waals surface area contributed by atoms with Gasteiger partial charge in [0.15, 0.2) is 23.1 Å². The predicted octanol–water partition coefficient (Wildman–Crippen LogP) is 3.34. The molecular formula is C21H26FN3O4. The molecule has 7 nitrogen and oxygen atoms in total. The number of hydrogen-bond acceptors (Lipinski definition) is 6. The van der Waals surface area contributed by atoms with Crippen LogP contribution in [0.2, 0.25) is 0 Å². The highest BCUT2D eigenvalue weighted by molar-refractivity contribution is 6.04. The summed E-state index contributed by atoms with van der Waals surface area (Å²) in [4.78, 5) is 17.0. The molecule has 0 aliphatic carbocycles. The summed E-state index contributed by atoms with van der Waals surface area (Å²) < 4.78 is 30.4. The fraction of sp³-hybridized carbons (Fsp3) is 0.524. The molecule has 3 heterocycles. The number of likely N-dealkylation sites (tertiary alicyclic amines) is 1. The molecule has 2 aliphatic heterocycles. The van der Waals surface area contributed by atoms with Gasteiger partial charge in [0.05, 0.1) is 12.7 Å². The molecule has 1 aromatic carbocycles. The third kappa shape index (κ3) is 3.57. The first kappa shape index (κ1) is 19.7. The lowest BCUT2D eigenvalue weighted by Crippen LogP contribution is -2.46. The fourth-order valence-corrected chi connectivity index (χ4v) is 4.20. The molecule has 2 saturated heterocycles. The van der Waals surface area contributed by atoms with Gasteiger partial charge in [0.1, 0.15) is 5.56 Å². The van der Waals surface area contributed by atoms with Crippen LogP contribution < -0.4 is 9.64 Å². The first-order valence-corrected chi connectivity index (χ1v) is 9.88. The third-order valence-electron chi connectivity index (χ3n) is 5.87. The SMILES string of the molecule is COc1cc(-c2onc(N(C)C)c2C(=O)N2CCC3(CCCO3)CC2)ccc1F. The summed E-state index contributed by atoms with van der Waals surface area (Å²) in [7, 11) is 5.01. The molecule has 0 N–H and O–H groups in total. The second-order valence-corrected chi connectivity index (χ2v) is 7.88. The minimum atomic E-state index is -0.477. The summed E-state index contributed by atoms with van der Waals surface area (Å²) in [5, 5.41) is 4.10. The topological polar surface area (TPSA) is 68.0 Å². The molecule has 0 saturated carbocycles. The van der Waals surface area contributed by atoms with Crippen LogP contribution >= 0.6 is 0 Å². The van der Waals surface area contributed by atoms with Crippen LogP contribution in [0.5, 0.6) is 5.75 Å². The van der Waals surface area contributed by atoms with Gasteiger partial charge in [-0.2, -0.15) is 0 Å². The highest BCUT2D eigenvalue weighted by Gasteiger charge is 2.40. The van der Waals surface area contributed by atoms with Crippen LogP contribution in [0.1, 0.15) is 36.0 Å². The van der Waals surface area contributed by atoms with Gasteiger partial charge < -0.3 is 23.8 Å². The standard InChI is InChI=1S/C21H26FN3O4/c1-24(2)19-17(18(29-23-19)14-5-6-15(22)16(13-14)27-3)20(26)25-10-8-21(9-11-25)7-4-12-28-21/h5-6,13H,4,7-12H2,1-3H3. The second kappa shape index (κ2) is 7.67. The number of carbonyl (C=O) groups excluding carboxylic acids is 1. The minimum Gasteiger partial charge on any atom is -0.494 e. The third-order valence-corrected chi connectivity index (χ3v) is 5.87. The number of halogens is 1. The van der Waals surface area contributed by atoms with Gasteiger partial charge in [0.25, 0.3) is 5.91 Å². The largest absolute Gasteiger partial charge is 0.494 e. The molecular weight excluding hydrogens is 377 g/mol. The van der Waals surface area contributed by atoms with E-state index in [9.17, 15) is 9.18 Å². The maximum absolute atomic E-state index is 13.8. The van der Waals surface area contributed by atoms with Crippen molar-refractivity contribution >= 4 is 11.7 Å². The van der Waals surface area contributed by atoms with Gasteiger partial charge in [-0.25, -0.2) is 4.39 Å². The molecule has 0 bridgehead atoms. The molecule has 1 aromatic heterocycles. The van der Waals surface area contributed by atoms with Gasteiger partial charge in [0.2, 0.25) is 0 Å². The average molecular weight is 403 g/mol. The number of rotatable bonds is 4. The Hall–Kier alpha value is -2.61. The number of aromatic nitrogens is 1. The molecule has 2 aliphatic rings. The molecule has 29 heavy (non-hydrogen) atoms. The van der Waals surface area contributed by atoms with E-state index in [4.69, 9.17) is 14.0 Å². The van der Waals surface area contributed by atoms with E-state index in [1.54, 1.807) is 25.1 Å². The summed E-state index contributed by atoms with van der Waals surface area (Å²) in [5.41, 5.74) is 0.856. The lowest BCUT2D eigenvalue weighted by atomic mass is 9.88. The van der Waals surface area contributed by atoms with E-state index < -0.39 is 5.82 Å². The number of anilines is 1. The number of benzene rings is 1. The fourth-order valence-electron chi connectivity index (χ4n) is 4.20. The monoisotopic (exact) mass is 403 g/mol. The van der Waals surface area contributed by atoms with Crippen molar-refractivity contribution in [2.45, 2.75) is 31.3 Å². The highest BCUT2D eigenvalue weighted by Crippen LogP contribution is 2.38. The van der Waals surface area contributed by atoms with Crippen LogP contribution in [-0.2, 0) is 4.74 Å². The number of carbonyl (C=O) groups is 1. The van der Waals surface area contributed by atoms with Crippen molar-refractivity contribution in [3.63, 3.8) is 0 Å². The quantitative estimate of drug-likeness (QED) is 0.780. The van der Waals surface area contributed by atoms with Gasteiger partial charge in [-0.05, 0) is 43.9 Å². The van der Waals surface area contributed by atoms with Crippen LogP contribution in [0.3, 0.4) is 0 Å². The molecule has 1 spiro atoms. The normalized spacial score (nSPS) is 18.3. The van der Waals surface area contributed by atoms with E-state index in [0.717, 1.165) is 32.3 Å². The summed E-state index contributed by atoms with van der Waals surface area (Å²) in [5.74, 6) is 0.234. The van der Waals surface area contributed by atoms with Crippen molar-refractivity contribution in [2.24, 2.45) is 0 Å². The van der Waals surface area contributed by atoms with E-state index in [-0.39, 0.29) is 17.3 Å². The molecule has 4 rings (SSSR count). The average Bonchev–Trinajstić information content (AvgIpc) is 3.36. The second-order valence-electron chi connectivity index (χ2n) is 7.88. The Kier molecular flexibility index (Phi) is 5.21. The zero-order valence-electron chi connectivity index (χ0n) is 17.0. The lowest BCUT2D eigenvalue weighted by Gasteiger charge is -2.38. The smallest absolute Gasteiger partial charge is 0.261 e. The van der Waals surface area contributed by atoms with Gasteiger partial charge in [-0.15, -0.1) is 0 Å². The minimum absolute atomic E-state index is 0.0665. The molecule has 2 fully saturated rings. The molecule has 0 atom stereocenters. The summed E-state index contributed by atoms with van der Waals surface area (Å²) in [6, 6.07) is 4.37. The molecule has 2 aromatic rings. The van der Waals surface area contributed by atoms with Gasteiger partial charge in [-0.3, -0.25) is 4.79 Å². The molecule has 1 amide bonds. The number of ether oxygens (including phenoxy) is 2. The number of nitrogens with zero attached hydrogens (tertiary/aromatic N) is 3. The Bertz CT molecular complexity index is 895. The number of methoxy groups -OCH3 is 1. The van der Waals surface area contributed by atoms with Crippen molar-refractivity contribution in [3.8, 4) is 17.1 Å². The maximum Gasteiger partial charge on any atom is 0.261 e. The zero-order chi connectivity index (χ0) is 20.6. The Balaban J connectivity index is 1.65. The zero-order valence-corrected chi connectivity index (χ0v) is 17.0. The van der Waals surface area contributed by atoms with Crippen LogP contribution in [0, 0.1) is 5.82 Å². The lowest BCUT2D eigenvalue weighted by molar-refractivity contribution is -0.0387. The summed E-state index contributed by atoms with van der Waals surface area (Å²) in [6.07, 6.45) is 3.81. The van der Waals surface area contributed by atoms with Crippen molar-refractivity contribution in [2.75, 3.05) is 45.8 Å². The Labute approximate surface area is 169 Å². The number of piperidine rings is 1. The van der Waals surface area contributed by atoms with Crippen molar-refractivity contribution in [3.05, 3.63) is 29.6 Å². The Morgan fingerprint density at radius 1 is 1.28 bits per heavy atom. The van der Waals surface area contributed by atoms with E-state index in [1.807, 2.05) is 4.90 Å². The van der Waals surface area contributed by atoms with Crippen molar-refractivity contribution < 1.29 is 23.2 Å².